The van der Waals surface area contributed by atoms with Gasteiger partial charge in [0.1, 0.15) is 5.82 Å². The number of hydrogen-bond acceptors (Lipinski definition) is 4. The van der Waals surface area contributed by atoms with Crippen LogP contribution >= 0.6 is 11.3 Å². The van der Waals surface area contributed by atoms with E-state index in [1.807, 2.05) is 6.07 Å². The third-order valence-corrected chi connectivity index (χ3v) is 6.30. The monoisotopic (exact) mass is 345 g/mol. The molecule has 2 saturated carbocycles. The number of benzene rings is 1. The summed E-state index contributed by atoms with van der Waals surface area (Å²) in [6.07, 6.45) is 5.52. The number of carbonyl (C=O) groups excluding carboxylic acids is 1. The smallest absolute Gasteiger partial charge is 0.231 e. The minimum Gasteiger partial charge on any atom is -0.327 e. The Morgan fingerprint density at radius 3 is 2.88 bits per heavy atom. The molecular weight excluding hydrogens is 325 g/mol. The van der Waals surface area contributed by atoms with Gasteiger partial charge in [-0.3, -0.25) is 4.79 Å². The van der Waals surface area contributed by atoms with Gasteiger partial charge >= 0.3 is 0 Å². The van der Waals surface area contributed by atoms with Crippen molar-refractivity contribution in [3.05, 3.63) is 46.7 Å². The minimum atomic E-state index is -0.218. The van der Waals surface area contributed by atoms with Crippen molar-refractivity contribution in [2.45, 2.75) is 31.7 Å². The Kier molecular flexibility index (Phi) is 4.10. The molecule has 1 aromatic carbocycles. The zero-order chi connectivity index (χ0) is 16.7. The number of nitrogens with one attached hydrogen (secondary N) is 1. The van der Waals surface area contributed by atoms with Gasteiger partial charge in [-0.1, -0.05) is 18.2 Å². The first-order chi connectivity index (χ1) is 11.6. The Bertz CT molecular complexity index is 760. The van der Waals surface area contributed by atoms with Crippen LogP contribution in [-0.4, -0.2) is 16.9 Å². The Morgan fingerprint density at radius 1 is 1.33 bits per heavy atom. The fourth-order valence-corrected chi connectivity index (χ4v) is 5.03. The lowest BCUT2D eigenvalue weighted by molar-refractivity contribution is -0.121. The van der Waals surface area contributed by atoms with Gasteiger partial charge < -0.3 is 11.1 Å². The van der Waals surface area contributed by atoms with Crippen LogP contribution in [0.25, 0.3) is 0 Å². The predicted molar refractivity (Wildman–Crippen MR) is 92.2 cm³/mol. The lowest BCUT2D eigenvalue weighted by Crippen LogP contribution is -2.42. The molecule has 0 radical (unpaired) electrons. The average Bonchev–Trinajstić information content (AvgIpc) is 3.26. The van der Waals surface area contributed by atoms with Gasteiger partial charge in [0, 0.05) is 23.5 Å². The lowest BCUT2D eigenvalue weighted by Gasteiger charge is -2.26. The minimum absolute atomic E-state index is 0.0125. The van der Waals surface area contributed by atoms with Crippen molar-refractivity contribution in [1.82, 2.24) is 4.98 Å². The molecule has 2 fully saturated rings. The van der Waals surface area contributed by atoms with Crippen molar-refractivity contribution in [2.75, 3.05) is 5.32 Å². The number of carbonyl (C=O) groups is 1. The van der Waals surface area contributed by atoms with E-state index in [0.717, 1.165) is 24.1 Å². The molecule has 4 rings (SSSR count). The summed E-state index contributed by atoms with van der Waals surface area (Å²) in [4.78, 5) is 17.7. The largest absolute Gasteiger partial charge is 0.327 e. The summed E-state index contributed by atoms with van der Waals surface area (Å²) in [6, 6.07) is 6.69. The second-order valence-corrected chi connectivity index (χ2v) is 7.94. The number of hydrogen-bond donors (Lipinski definition) is 2. The van der Waals surface area contributed by atoms with Crippen molar-refractivity contribution >= 4 is 22.4 Å². The van der Waals surface area contributed by atoms with Crippen molar-refractivity contribution < 1.29 is 9.18 Å². The van der Waals surface area contributed by atoms with Gasteiger partial charge in [0.15, 0.2) is 5.13 Å². The van der Waals surface area contributed by atoms with Gasteiger partial charge in [-0.05, 0) is 42.7 Å². The third kappa shape index (κ3) is 2.84. The number of halogens is 1. The fraction of sp³-hybridized carbons (Fsp3) is 0.444. The molecule has 4 unspecified atom stereocenters. The average molecular weight is 345 g/mol. The highest BCUT2D eigenvalue weighted by Crippen LogP contribution is 2.48. The summed E-state index contributed by atoms with van der Waals surface area (Å²) < 4.78 is 13.7. The van der Waals surface area contributed by atoms with Crippen LogP contribution in [-0.2, 0) is 11.2 Å². The number of anilines is 1. The van der Waals surface area contributed by atoms with Crippen molar-refractivity contribution in [3.63, 3.8) is 0 Å². The molecule has 2 aromatic rings. The van der Waals surface area contributed by atoms with Gasteiger partial charge in [-0.15, -0.1) is 11.3 Å². The van der Waals surface area contributed by atoms with E-state index >= 15 is 0 Å². The highest BCUT2D eigenvalue weighted by atomic mass is 32.1. The Labute approximate surface area is 144 Å². The molecule has 0 aliphatic heterocycles. The first-order valence-electron chi connectivity index (χ1n) is 8.36. The molecule has 24 heavy (non-hydrogen) atoms. The number of nitrogens with zero attached hydrogens (tertiary/aromatic N) is 1. The molecule has 6 heteroatoms. The topological polar surface area (TPSA) is 68.0 Å². The number of nitrogens with two attached hydrogens (primary N) is 1. The van der Waals surface area contributed by atoms with E-state index in [0.29, 0.717) is 29.0 Å². The Balaban J connectivity index is 1.42. The second-order valence-electron chi connectivity index (χ2n) is 6.83. The Hall–Kier alpha value is -1.79. The number of amides is 1. The summed E-state index contributed by atoms with van der Waals surface area (Å²) in [6.45, 7) is 0. The van der Waals surface area contributed by atoms with E-state index in [2.05, 4.69) is 10.3 Å². The van der Waals surface area contributed by atoms with Crippen molar-refractivity contribution in [2.24, 2.45) is 23.5 Å². The van der Waals surface area contributed by atoms with Crippen LogP contribution in [0.3, 0.4) is 0 Å². The molecule has 1 aromatic heterocycles. The molecule has 3 N–H and O–H groups in total. The molecule has 2 bridgehead atoms. The second kappa shape index (κ2) is 6.26. The maximum atomic E-state index is 13.7. The maximum absolute atomic E-state index is 13.7. The lowest BCUT2D eigenvalue weighted by atomic mass is 9.84. The normalized spacial score (nSPS) is 28.2. The van der Waals surface area contributed by atoms with Crippen LogP contribution in [0, 0.1) is 23.6 Å². The fourth-order valence-electron chi connectivity index (χ4n) is 4.19. The van der Waals surface area contributed by atoms with Gasteiger partial charge in [0.25, 0.3) is 0 Å². The molecule has 2 aliphatic carbocycles. The van der Waals surface area contributed by atoms with Gasteiger partial charge in [-0.25, -0.2) is 9.37 Å². The van der Waals surface area contributed by atoms with E-state index in [1.165, 1.54) is 17.4 Å². The summed E-state index contributed by atoms with van der Waals surface area (Å²) in [7, 11) is 0. The molecule has 0 saturated heterocycles. The first-order valence-corrected chi connectivity index (χ1v) is 9.18. The molecule has 126 valence electrons. The molecule has 2 aliphatic rings. The third-order valence-electron chi connectivity index (χ3n) is 5.39. The van der Waals surface area contributed by atoms with Crippen LogP contribution in [0.15, 0.2) is 30.5 Å². The number of aromatic nitrogens is 1. The molecule has 0 spiro atoms. The number of fused-ring (bicyclic) bond motifs is 2. The SMILES string of the molecule is NC1C2CCC(C2)C1C(=O)Nc1ncc(Cc2ccccc2F)s1. The van der Waals surface area contributed by atoms with Gasteiger partial charge in [-0.2, -0.15) is 0 Å². The van der Waals surface area contributed by atoms with E-state index in [4.69, 9.17) is 5.73 Å². The van der Waals surface area contributed by atoms with Gasteiger partial charge in [0.2, 0.25) is 5.91 Å². The summed E-state index contributed by atoms with van der Waals surface area (Å²) in [5.41, 5.74) is 6.86. The molecule has 4 atom stereocenters. The zero-order valence-corrected chi connectivity index (χ0v) is 14.1. The van der Waals surface area contributed by atoms with E-state index in [1.54, 1.807) is 18.3 Å². The van der Waals surface area contributed by atoms with E-state index < -0.39 is 0 Å². The van der Waals surface area contributed by atoms with Gasteiger partial charge in [0.05, 0.1) is 5.92 Å². The van der Waals surface area contributed by atoms with Crippen LogP contribution in [0.2, 0.25) is 0 Å². The summed E-state index contributed by atoms with van der Waals surface area (Å²) >= 11 is 1.39. The highest BCUT2D eigenvalue weighted by molar-refractivity contribution is 7.15. The van der Waals surface area contributed by atoms with Crippen LogP contribution in [0.4, 0.5) is 9.52 Å². The van der Waals surface area contributed by atoms with Crippen LogP contribution in [0.1, 0.15) is 29.7 Å². The molecule has 1 amide bonds. The van der Waals surface area contributed by atoms with Crippen molar-refractivity contribution in [1.29, 1.82) is 0 Å². The highest BCUT2D eigenvalue weighted by Gasteiger charge is 2.49. The quantitative estimate of drug-likeness (QED) is 0.894. The number of thiazole rings is 1. The standard InChI is InChI=1S/C18H20FN3OS/c19-14-4-2-1-3-10(14)8-13-9-21-18(24-13)22-17(23)15-11-5-6-12(7-11)16(15)20/h1-4,9,11-12,15-16H,5-8,20H2,(H,21,22,23). The molecule has 4 nitrogen and oxygen atoms in total. The summed E-state index contributed by atoms with van der Waals surface area (Å²) in [5, 5.41) is 3.49. The van der Waals surface area contributed by atoms with E-state index in [9.17, 15) is 9.18 Å². The maximum Gasteiger partial charge on any atom is 0.231 e. The van der Waals surface area contributed by atoms with Crippen molar-refractivity contribution in [3.8, 4) is 0 Å². The predicted octanol–water partition coefficient (Wildman–Crippen LogP) is 3.18. The number of rotatable bonds is 4. The van der Waals surface area contributed by atoms with Crippen LogP contribution < -0.4 is 11.1 Å². The Morgan fingerprint density at radius 2 is 2.12 bits per heavy atom. The van der Waals surface area contributed by atoms with E-state index in [-0.39, 0.29) is 23.7 Å². The molecular formula is C18H20FN3OS. The molecule has 1 heterocycles. The zero-order valence-electron chi connectivity index (χ0n) is 13.2. The summed E-state index contributed by atoms with van der Waals surface area (Å²) in [5.74, 6) is 0.593. The van der Waals surface area contributed by atoms with Crippen LogP contribution in [0.5, 0.6) is 0 Å². The first kappa shape index (κ1) is 15.7.